The van der Waals surface area contributed by atoms with Gasteiger partial charge in [-0.25, -0.2) is 0 Å². The third kappa shape index (κ3) is 9.96. The number of unbranched alkanes of at least 4 members (excludes halogenated alkanes) is 3. The topological polar surface area (TPSA) is 20.2 Å². The minimum atomic E-state index is -0.766. The zero-order valence-corrected chi connectivity index (χ0v) is 19.0. The van der Waals surface area contributed by atoms with E-state index in [1.165, 1.54) is 61.4 Å². The first kappa shape index (κ1) is 23.2. The molecule has 0 amide bonds. The third-order valence-corrected chi connectivity index (χ3v) is 11.0. The molecule has 0 saturated heterocycles. The zero-order valence-electron chi connectivity index (χ0n) is 16.2. The average molecular weight is 427 g/mol. The molecule has 0 fully saturated rings. The molecule has 0 aliphatic carbocycles. The Balaban J connectivity index is 5.12. The Bertz CT molecular complexity index is 300. The fourth-order valence-corrected chi connectivity index (χ4v) is 8.82. The maximum absolute atomic E-state index is 10.6. The third-order valence-electron chi connectivity index (χ3n) is 4.75. The molecule has 23 heavy (non-hydrogen) atoms. The summed E-state index contributed by atoms with van der Waals surface area (Å²) in [7, 11) is 0. The molecule has 2 heteroatoms. The van der Waals surface area contributed by atoms with Crippen molar-refractivity contribution in [2.75, 3.05) is 0 Å². The van der Waals surface area contributed by atoms with E-state index in [9.17, 15) is 5.11 Å². The van der Waals surface area contributed by atoms with Crippen LogP contribution in [-0.2, 0) is 0 Å². The molecule has 0 rings (SSSR count). The minimum absolute atomic E-state index is 0.214. The van der Waals surface area contributed by atoms with Gasteiger partial charge in [0.15, 0.2) is 0 Å². The van der Waals surface area contributed by atoms with Crippen LogP contribution in [0.25, 0.3) is 0 Å². The Morgan fingerprint density at radius 1 is 1.04 bits per heavy atom. The summed E-state index contributed by atoms with van der Waals surface area (Å²) in [4.78, 5) is 0. The summed E-state index contributed by atoms with van der Waals surface area (Å²) >= 11 is -0.766. The van der Waals surface area contributed by atoms with Gasteiger partial charge in [-0.1, -0.05) is 0 Å². The monoisotopic (exact) mass is 428 g/mol. The summed E-state index contributed by atoms with van der Waals surface area (Å²) in [6.45, 7) is 12.9. The second kappa shape index (κ2) is 14.6. The molecule has 0 aliphatic rings. The van der Waals surface area contributed by atoms with Gasteiger partial charge in [-0.05, 0) is 0 Å². The Labute approximate surface area is 156 Å². The van der Waals surface area contributed by atoms with Crippen molar-refractivity contribution in [1.82, 2.24) is 0 Å². The van der Waals surface area contributed by atoms with Crippen molar-refractivity contribution in [3.8, 4) is 0 Å². The summed E-state index contributed by atoms with van der Waals surface area (Å²) in [6.07, 6.45) is 17.9. The van der Waals surface area contributed by atoms with Gasteiger partial charge in [-0.15, -0.1) is 0 Å². The van der Waals surface area contributed by atoms with Crippen molar-refractivity contribution < 1.29 is 5.11 Å². The molecule has 0 aromatic heterocycles. The van der Waals surface area contributed by atoms with Gasteiger partial charge in [0.25, 0.3) is 0 Å². The molecule has 2 radical (unpaired) electrons. The van der Waals surface area contributed by atoms with Crippen LogP contribution < -0.4 is 0 Å². The average Bonchev–Trinajstić information content (AvgIpc) is 2.58. The van der Waals surface area contributed by atoms with Crippen LogP contribution in [0.3, 0.4) is 0 Å². The van der Waals surface area contributed by atoms with Gasteiger partial charge in [-0.2, -0.15) is 0 Å². The fraction of sp³-hybridized carbons (Fsp3) is 0.810. The van der Waals surface area contributed by atoms with Gasteiger partial charge in [0, 0.05) is 0 Å². The predicted octanol–water partition coefficient (Wildman–Crippen LogP) is 6.65. The van der Waals surface area contributed by atoms with Crippen molar-refractivity contribution in [2.24, 2.45) is 0 Å². The van der Waals surface area contributed by atoms with Crippen molar-refractivity contribution in [1.29, 1.82) is 0 Å². The Morgan fingerprint density at radius 2 is 1.52 bits per heavy atom. The van der Waals surface area contributed by atoms with E-state index in [1.54, 1.807) is 0 Å². The van der Waals surface area contributed by atoms with Crippen LogP contribution in [-0.4, -0.2) is 32.4 Å². The van der Waals surface area contributed by atoms with Crippen LogP contribution in [0.1, 0.15) is 98.3 Å². The Morgan fingerprint density at radius 3 is 1.87 bits per heavy atom. The number of aliphatic hydroxyl groups is 1. The van der Waals surface area contributed by atoms with Gasteiger partial charge in [-0.3, -0.25) is 0 Å². The molecule has 1 unspecified atom stereocenters. The Hall–Kier alpha value is 0.239. The molecule has 1 nitrogen and oxygen atoms in total. The van der Waals surface area contributed by atoms with Gasteiger partial charge in [0.1, 0.15) is 0 Å². The number of hydrogen-bond acceptors (Lipinski definition) is 1. The summed E-state index contributed by atoms with van der Waals surface area (Å²) in [5.74, 6) is 0. The maximum atomic E-state index is 10.6. The molecular weight excluding hydrogens is 387 g/mol. The van der Waals surface area contributed by atoms with E-state index in [4.69, 9.17) is 0 Å². The van der Waals surface area contributed by atoms with Crippen LogP contribution in [0.15, 0.2) is 22.3 Å². The van der Waals surface area contributed by atoms with Crippen molar-refractivity contribution in [2.45, 2.75) is 108 Å². The van der Waals surface area contributed by atoms with Crippen molar-refractivity contribution in [3.05, 3.63) is 22.3 Å². The Kier molecular flexibility index (Phi) is 14.7. The van der Waals surface area contributed by atoms with E-state index < -0.39 is 21.1 Å². The normalized spacial score (nSPS) is 14.0. The van der Waals surface area contributed by atoms with E-state index in [2.05, 4.69) is 40.3 Å². The molecule has 134 valence electrons. The zero-order chi connectivity index (χ0) is 17.6. The number of hydrogen-bond donors (Lipinski definition) is 1. The fourth-order valence-electron chi connectivity index (χ4n) is 3.19. The van der Waals surface area contributed by atoms with E-state index in [-0.39, 0.29) is 6.10 Å². The first-order valence-electron chi connectivity index (χ1n) is 9.82. The van der Waals surface area contributed by atoms with E-state index in [0.29, 0.717) is 3.43 Å². The molecule has 0 aliphatic heterocycles. The molecule has 1 atom stereocenters. The van der Waals surface area contributed by atoms with Gasteiger partial charge < -0.3 is 0 Å². The van der Waals surface area contributed by atoms with Crippen molar-refractivity contribution in [3.63, 3.8) is 0 Å². The first-order chi connectivity index (χ1) is 11.1. The SMILES string of the molecule is C=CCCC(O)/[C](=C/C)[Sn][C](CCCC)(CCCC)CCCC. The second-order valence-electron chi connectivity index (χ2n) is 6.84. The van der Waals surface area contributed by atoms with E-state index >= 15 is 0 Å². The van der Waals surface area contributed by atoms with Crippen LogP contribution in [0.4, 0.5) is 0 Å². The number of aliphatic hydroxyl groups excluding tert-OH is 1. The molecule has 1 N–H and O–H groups in total. The standard InChI is InChI=1S/C13H27.C8H13O.Sn/c1-4-7-10-13(11-8-5-2)12-9-6-3;1-3-5-7-8(9)6-4-2;/h4-12H2,1-3H3;3-4,8-9H,1,5,7H2,2H3;. The quantitative estimate of drug-likeness (QED) is 0.229. The molecule has 0 aromatic rings. The first-order valence-corrected chi connectivity index (χ1v) is 12.7. The van der Waals surface area contributed by atoms with Gasteiger partial charge in [0.2, 0.25) is 0 Å². The van der Waals surface area contributed by atoms with Gasteiger partial charge >= 0.3 is 156 Å². The van der Waals surface area contributed by atoms with E-state index in [0.717, 1.165) is 12.8 Å². The molecule has 0 spiro atoms. The van der Waals surface area contributed by atoms with Crippen LogP contribution in [0.2, 0.25) is 3.43 Å². The van der Waals surface area contributed by atoms with Crippen LogP contribution in [0, 0.1) is 0 Å². The number of allylic oxidation sites excluding steroid dienone is 2. The van der Waals surface area contributed by atoms with Crippen LogP contribution >= 0.6 is 0 Å². The summed E-state index contributed by atoms with van der Waals surface area (Å²) in [5, 5.41) is 10.6. The molecule has 0 aromatic carbocycles. The van der Waals surface area contributed by atoms with E-state index in [1.807, 2.05) is 6.08 Å². The predicted molar refractivity (Wildman–Crippen MR) is 106 cm³/mol. The molecular formula is C21H40OSn. The van der Waals surface area contributed by atoms with Crippen LogP contribution in [0.5, 0.6) is 0 Å². The molecule has 0 heterocycles. The summed E-state index contributed by atoms with van der Waals surface area (Å²) < 4.78 is 2.00. The second-order valence-corrected chi connectivity index (χ2v) is 12.2. The molecule has 0 saturated carbocycles. The van der Waals surface area contributed by atoms with Gasteiger partial charge in [0.05, 0.1) is 0 Å². The summed E-state index contributed by atoms with van der Waals surface area (Å²) in [6, 6.07) is 0. The van der Waals surface area contributed by atoms with Crippen molar-refractivity contribution >= 4 is 21.1 Å². The molecule has 0 bridgehead atoms. The number of rotatable bonds is 15. The summed E-state index contributed by atoms with van der Waals surface area (Å²) in [5.41, 5.74) is 0.